The van der Waals surface area contributed by atoms with Crippen molar-refractivity contribution in [3.05, 3.63) is 0 Å². The maximum Gasteiger partial charge on any atom is 0.213 e. The van der Waals surface area contributed by atoms with Gasteiger partial charge in [-0.2, -0.15) is 0 Å². The van der Waals surface area contributed by atoms with Gasteiger partial charge in [0.05, 0.1) is 12.4 Å². The van der Waals surface area contributed by atoms with Crippen molar-refractivity contribution in [3.8, 4) is 0 Å². The molecule has 0 aliphatic heterocycles. The average molecular weight is 315 g/mol. The predicted molar refractivity (Wildman–Crippen MR) is 80.4 cm³/mol. The molecule has 0 aromatic rings. The molecule has 1 aliphatic carbocycles. The molecule has 0 unspecified atom stereocenters. The van der Waals surface area contributed by atoms with Gasteiger partial charge in [-0.05, 0) is 12.8 Å². The van der Waals surface area contributed by atoms with E-state index < -0.39 is 10.0 Å². The first-order valence-electron chi connectivity index (χ1n) is 6.84. The Bertz CT molecular complexity index is 304. The van der Waals surface area contributed by atoms with Gasteiger partial charge in [-0.3, -0.25) is 0 Å². The van der Waals surface area contributed by atoms with Gasteiger partial charge in [-0.15, -0.1) is 12.4 Å². The molecule has 0 bridgehead atoms. The number of hydrogen-bond acceptors (Lipinski definition) is 4. The highest BCUT2D eigenvalue weighted by molar-refractivity contribution is 7.89. The van der Waals surface area contributed by atoms with E-state index >= 15 is 0 Å². The van der Waals surface area contributed by atoms with E-state index in [0.29, 0.717) is 19.1 Å². The Hall–Kier alpha value is 0.120. The van der Waals surface area contributed by atoms with Crippen LogP contribution in [0.25, 0.3) is 0 Å². The van der Waals surface area contributed by atoms with Crippen LogP contribution >= 0.6 is 12.4 Å². The Morgan fingerprint density at radius 3 is 2.32 bits per heavy atom. The van der Waals surface area contributed by atoms with Crippen LogP contribution in [-0.2, 0) is 14.8 Å². The summed E-state index contributed by atoms with van der Waals surface area (Å²) in [7, 11) is -1.67. The average Bonchev–Trinajstić information content (AvgIpc) is 2.61. The van der Waals surface area contributed by atoms with Crippen LogP contribution in [0.1, 0.15) is 38.5 Å². The molecule has 116 valence electrons. The standard InChI is InChI=1S/C12H26N2O3S.ClH/c1-17-10-11-18(15,16)14-9-8-13-12-6-4-2-3-5-7-12;/h12-14H,2-11H2,1H3;1H. The summed E-state index contributed by atoms with van der Waals surface area (Å²) in [5.74, 6) is 0.0347. The van der Waals surface area contributed by atoms with Gasteiger partial charge in [0.1, 0.15) is 0 Å². The van der Waals surface area contributed by atoms with Crippen molar-refractivity contribution < 1.29 is 13.2 Å². The number of ether oxygens (including phenoxy) is 1. The van der Waals surface area contributed by atoms with Crippen LogP contribution < -0.4 is 10.0 Å². The van der Waals surface area contributed by atoms with Crippen LogP contribution in [0, 0.1) is 0 Å². The Balaban J connectivity index is 0.00000324. The number of halogens is 1. The van der Waals surface area contributed by atoms with Crippen molar-refractivity contribution >= 4 is 22.4 Å². The lowest BCUT2D eigenvalue weighted by Gasteiger charge is -2.16. The fourth-order valence-corrected chi connectivity index (χ4v) is 3.18. The first-order chi connectivity index (χ1) is 8.64. The van der Waals surface area contributed by atoms with Crippen LogP contribution in [0.2, 0.25) is 0 Å². The largest absolute Gasteiger partial charge is 0.384 e. The van der Waals surface area contributed by atoms with E-state index in [1.54, 1.807) is 0 Å². The Labute approximate surface area is 123 Å². The second-order valence-electron chi connectivity index (χ2n) is 4.85. The minimum absolute atomic E-state index is 0. The summed E-state index contributed by atoms with van der Waals surface area (Å²) in [5, 5.41) is 3.43. The highest BCUT2D eigenvalue weighted by atomic mass is 35.5. The smallest absolute Gasteiger partial charge is 0.213 e. The van der Waals surface area contributed by atoms with Gasteiger partial charge in [-0.25, -0.2) is 13.1 Å². The highest BCUT2D eigenvalue weighted by Gasteiger charge is 2.12. The van der Waals surface area contributed by atoms with Crippen molar-refractivity contribution in [2.75, 3.05) is 32.6 Å². The van der Waals surface area contributed by atoms with Crippen LogP contribution in [0.3, 0.4) is 0 Å². The number of hydrogen-bond donors (Lipinski definition) is 2. The third kappa shape index (κ3) is 9.62. The molecule has 0 radical (unpaired) electrons. The summed E-state index contributed by atoms with van der Waals surface area (Å²) in [4.78, 5) is 0. The Morgan fingerprint density at radius 2 is 1.74 bits per heavy atom. The quantitative estimate of drug-likeness (QED) is 0.523. The lowest BCUT2D eigenvalue weighted by molar-refractivity contribution is 0.217. The van der Waals surface area contributed by atoms with Gasteiger partial charge in [0.15, 0.2) is 0 Å². The molecule has 0 aromatic heterocycles. The third-order valence-electron chi connectivity index (χ3n) is 3.29. The summed E-state index contributed by atoms with van der Waals surface area (Å²) in [6, 6.07) is 0.566. The molecule has 19 heavy (non-hydrogen) atoms. The Morgan fingerprint density at radius 1 is 1.11 bits per heavy atom. The van der Waals surface area contributed by atoms with Gasteiger partial charge in [0, 0.05) is 26.2 Å². The van der Waals surface area contributed by atoms with Crippen LogP contribution in [0.15, 0.2) is 0 Å². The number of rotatable bonds is 8. The molecule has 0 heterocycles. The van der Waals surface area contributed by atoms with E-state index in [1.807, 2.05) is 0 Å². The molecule has 0 amide bonds. The zero-order valence-electron chi connectivity index (χ0n) is 11.7. The topological polar surface area (TPSA) is 67.4 Å². The summed E-state index contributed by atoms with van der Waals surface area (Å²) in [5.41, 5.74) is 0. The van der Waals surface area contributed by atoms with Crippen LogP contribution in [-0.4, -0.2) is 47.0 Å². The van der Waals surface area contributed by atoms with Gasteiger partial charge in [0.2, 0.25) is 10.0 Å². The van der Waals surface area contributed by atoms with Crippen LogP contribution in [0.5, 0.6) is 0 Å². The second kappa shape index (κ2) is 10.9. The SMILES string of the molecule is COCCS(=O)(=O)NCCNC1CCCCCC1.Cl. The maximum atomic E-state index is 11.5. The van der Waals surface area contributed by atoms with Crippen molar-refractivity contribution in [3.63, 3.8) is 0 Å². The number of sulfonamides is 1. The zero-order chi connectivity index (χ0) is 13.3. The molecule has 0 spiro atoms. The Kier molecular flexibility index (Phi) is 10.9. The predicted octanol–water partition coefficient (Wildman–Crippen LogP) is 1.29. The summed E-state index contributed by atoms with van der Waals surface area (Å²) in [6.45, 7) is 1.41. The molecule has 0 saturated heterocycles. The minimum Gasteiger partial charge on any atom is -0.384 e. The third-order valence-corrected chi connectivity index (χ3v) is 4.64. The van der Waals surface area contributed by atoms with Gasteiger partial charge < -0.3 is 10.1 Å². The molecule has 5 nitrogen and oxygen atoms in total. The molecule has 1 aliphatic rings. The zero-order valence-corrected chi connectivity index (χ0v) is 13.3. The summed E-state index contributed by atoms with van der Waals surface area (Å²) in [6.07, 6.45) is 7.69. The highest BCUT2D eigenvalue weighted by Crippen LogP contribution is 2.16. The molecule has 1 fully saturated rings. The van der Waals surface area contributed by atoms with Gasteiger partial charge >= 0.3 is 0 Å². The van der Waals surface area contributed by atoms with E-state index in [0.717, 1.165) is 0 Å². The summed E-state index contributed by atoms with van der Waals surface area (Å²) < 4.78 is 30.3. The molecule has 7 heteroatoms. The number of methoxy groups -OCH3 is 1. The van der Waals surface area contributed by atoms with Crippen molar-refractivity contribution in [1.29, 1.82) is 0 Å². The lowest BCUT2D eigenvalue weighted by Crippen LogP contribution is -2.38. The first kappa shape index (κ1) is 19.1. The van der Waals surface area contributed by atoms with E-state index in [1.165, 1.54) is 45.6 Å². The van der Waals surface area contributed by atoms with Gasteiger partial charge in [0.25, 0.3) is 0 Å². The maximum absolute atomic E-state index is 11.5. The normalized spacial score (nSPS) is 17.7. The minimum atomic E-state index is -3.17. The van der Waals surface area contributed by atoms with Crippen LogP contribution in [0.4, 0.5) is 0 Å². The fraction of sp³-hybridized carbons (Fsp3) is 1.00. The molecule has 1 saturated carbocycles. The second-order valence-corrected chi connectivity index (χ2v) is 6.78. The lowest BCUT2D eigenvalue weighted by atomic mass is 10.1. The van der Waals surface area contributed by atoms with E-state index in [4.69, 9.17) is 4.74 Å². The van der Waals surface area contributed by atoms with E-state index in [-0.39, 0.29) is 24.8 Å². The first-order valence-corrected chi connectivity index (χ1v) is 8.49. The molecular formula is C12H27ClN2O3S. The molecule has 1 rings (SSSR count). The summed E-state index contributed by atoms with van der Waals surface area (Å²) >= 11 is 0. The monoisotopic (exact) mass is 314 g/mol. The molecule has 0 atom stereocenters. The number of nitrogens with one attached hydrogen (secondary N) is 2. The van der Waals surface area contributed by atoms with Gasteiger partial charge in [-0.1, -0.05) is 25.7 Å². The van der Waals surface area contributed by atoms with E-state index in [9.17, 15) is 8.42 Å². The van der Waals surface area contributed by atoms with Crippen molar-refractivity contribution in [2.24, 2.45) is 0 Å². The van der Waals surface area contributed by atoms with Crippen molar-refractivity contribution in [2.45, 2.75) is 44.6 Å². The van der Waals surface area contributed by atoms with Crippen molar-refractivity contribution in [1.82, 2.24) is 10.0 Å². The fourth-order valence-electron chi connectivity index (χ4n) is 2.23. The molecular weight excluding hydrogens is 288 g/mol. The molecule has 0 aromatic carbocycles. The molecule has 2 N–H and O–H groups in total. The van der Waals surface area contributed by atoms with E-state index in [2.05, 4.69) is 10.0 Å².